The van der Waals surface area contributed by atoms with Crippen LogP contribution in [0.15, 0.2) is 5.11 Å². The minimum Gasteiger partial charge on any atom is -0.127 e. The Bertz CT molecular complexity index is 165. The topological polar surface area (TPSA) is 15.4 Å². The summed E-state index contributed by atoms with van der Waals surface area (Å²) in [6.45, 7) is 12.3. The van der Waals surface area contributed by atoms with Gasteiger partial charge in [0.25, 0.3) is 0 Å². The summed E-state index contributed by atoms with van der Waals surface area (Å²) in [7, 11) is 0. The number of azo groups is 2. The molecule has 0 bridgehead atoms. The Hall–Kier alpha value is -0.400. The average Bonchev–Trinajstić information content (AvgIpc) is 2.32. The first kappa shape index (κ1) is 8.69. The molecule has 0 fully saturated rings. The number of nitrogens with zero attached hydrogens (tertiary/aromatic N) is 2. The van der Waals surface area contributed by atoms with Crippen molar-refractivity contribution in [1.29, 1.82) is 0 Å². The van der Waals surface area contributed by atoms with Crippen LogP contribution in [0.1, 0.15) is 27.7 Å². The third kappa shape index (κ3) is 2.01. The Morgan fingerprint density at radius 2 is 2.09 bits per heavy atom. The lowest BCUT2D eigenvalue weighted by Gasteiger charge is -2.22. The minimum atomic E-state index is 0.424. The largest absolute Gasteiger partial charge is 0.173 e. The van der Waals surface area contributed by atoms with Gasteiger partial charge in [0.1, 0.15) is 6.54 Å². The van der Waals surface area contributed by atoms with E-state index in [9.17, 15) is 0 Å². The van der Waals surface area contributed by atoms with Gasteiger partial charge >= 0.3 is 0 Å². The third-order valence-corrected chi connectivity index (χ3v) is 2.52. The van der Waals surface area contributed by atoms with Crippen molar-refractivity contribution < 1.29 is 4.70 Å². The second kappa shape index (κ2) is 2.92. The van der Waals surface area contributed by atoms with Gasteiger partial charge in [0.15, 0.2) is 13.1 Å². The number of hydrogen-bond donors (Lipinski definition) is 0. The highest BCUT2D eigenvalue weighted by Crippen LogP contribution is 2.28. The molecule has 1 rings (SSSR count). The van der Waals surface area contributed by atoms with Crippen molar-refractivity contribution in [2.75, 3.05) is 19.6 Å². The van der Waals surface area contributed by atoms with Gasteiger partial charge in [0.2, 0.25) is 0 Å². The standard InChI is InChI=1S/C9H19N2/c1-5-11-7-8(6-10-11)9(2,3)4/h8H,5-7H2,1-4H3/q+1. The molecule has 0 saturated carbocycles. The molecule has 0 spiro atoms. The molecule has 1 heterocycles. The van der Waals surface area contributed by atoms with Gasteiger partial charge in [-0.1, -0.05) is 20.8 Å². The van der Waals surface area contributed by atoms with E-state index in [1.807, 2.05) is 0 Å². The molecule has 0 N–H and O–H groups in total. The Morgan fingerprint density at radius 1 is 1.45 bits per heavy atom. The van der Waals surface area contributed by atoms with Crippen LogP contribution in [-0.4, -0.2) is 24.3 Å². The van der Waals surface area contributed by atoms with Gasteiger partial charge in [-0.25, -0.2) is 0 Å². The van der Waals surface area contributed by atoms with Gasteiger partial charge in [-0.3, -0.25) is 0 Å². The van der Waals surface area contributed by atoms with Crippen molar-refractivity contribution in [3.63, 3.8) is 0 Å². The molecule has 2 heteroatoms. The zero-order valence-corrected chi connectivity index (χ0v) is 8.09. The van der Waals surface area contributed by atoms with Crippen LogP contribution in [0.25, 0.3) is 0 Å². The molecule has 0 radical (unpaired) electrons. The number of rotatable bonds is 1. The second-order valence-electron chi connectivity index (χ2n) is 4.39. The smallest absolute Gasteiger partial charge is 0.127 e. The van der Waals surface area contributed by atoms with Crippen LogP contribution in [-0.2, 0) is 0 Å². The predicted molar refractivity (Wildman–Crippen MR) is 45.9 cm³/mol. The quantitative estimate of drug-likeness (QED) is 0.516. The van der Waals surface area contributed by atoms with E-state index in [2.05, 4.69) is 37.5 Å². The van der Waals surface area contributed by atoms with Gasteiger partial charge in [-0.15, -0.1) is 4.70 Å². The fourth-order valence-corrected chi connectivity index (χ4v) is 1.36. The van der Waals surface area contributed by atoms with Gasteiger partial charge in [0, 0.05) is 0 Å². The third-order valence-electron chi connectivity index (χ3n) is 2.52. The van der Waals surface area contributed by atoms with Crippen molar-refractivity contribution in [3.8, 4) is 0 Å². The summed E-state index contributed by atoms with van der Waals surface area (Å²) in [4.78, 5) is 0. The molecule has 0 saturated heterocycles. The van der Waals surface area contributed by atoms with Gasteiger partial charge in [0.05, 0.1) is 5.92 Å². The fourth-order valence-electron chi connectivity index (χ4n) is 1.36. The highest BCUT2D eigenvalue weighted by atomic mass is 15.3. The van der Waals surface area contributed by atoms with Crippen molar-refractivity contribution >= 4 is 0 Å². The lowest BCUT2D eigenvalue weighted by Crippen LogP contribution is -2.26. The predicted octanol–water partition coefficient (Wildman–Crippen LogP) is 2.15. The molecule has 0 amide bonds. The van der Waals surface area contributed by atoms with Crippen LogP contribution in [0.5, 0.6) is 0 Å². The van der Waals surface area contributed by atoms with Crippen LogP contribution in [0.4, 0.5) is 0 Å². The molecule has 64 valence electrons. The highest BCUT2D eigenvalue weighted by molar-refractivity contribution is 4.75. The van der Waals surface area contributed by atoms with E-state index in [0.29, 0.717) is 5.41 Å². The van der Waals surface area contributed by atoms with Gasteiger partial charge in [-0.05, 0) is 17.5 Å². The Labute approximate surface area is 69.3 Å². The summed E-state index contributed by atoms with van der Waals surface area (Å²) in [6, 6.07) is 0. The molecule has 0 aliphatic carbocycles. The molecule has 0 aromatic carbocycles. The van der Waals surface area contributed by atoms with Crippen LogP contribution >= 0.6 is 0 Å². The molecule has 11 heavy (non-hydrogen) atoms. The van der Waals surface area contributed by atoms with Crippen LogP contribution in [0, 0.1) is 11.3 Å². The molecule has 1 atom stereocenters. The van der Waals surface area contributed by atoms with E-state index in [0.717, 1.165) is 25.6 Å². The summed E-state index contributed by atoms with van der Waals surface area (Å²) < 4.78 is 2.18. The minimum absolute atomic E-state index is 0.424. The number of hydrogen-bond acceptors (Lipinski definition) is 1. The normalized spacial score (nSPS) is 25.5. The van der Waals surface area contributed by atoms with E-state index in [1.54, 1.807) is 0 Å². The summed E-state index contributed by atoms with van der Waals surface area (Å²) in [5.74, 6) is 0.752. The summed E-state index contributed by atoms with van der Waals surface area (Å²) in [6.07, 6.45) is 0. The van der Waals surface area contributed by atoms with Crippen LogP contribution in [0.2, 0.25) is 0 Å². The van der Waals surface area contributed by atoms with Gasteiger partial charge in [-0.2, -0.15) is 0 Å². The van der Waals surface area contributed by atoms with E-state index in [1.165, 1.54) is 0 Å². The zero-order valence-electron chi connectivity index (χ0n) is 8.09. The van der Waals surface area contributed by atoms with Crippen LogP contribution in [0.3, 0.4) is 0 Å². The molecule has 2 nitrogen and oxygen atoms in total. The van der Waals surface area contributed by atoms with Crippen molar-refractivity contribution in [2.24, 2.45) is 16.4 Å². The molecule has 0 aromatic rings. The van der Waals surface area contributed by atoms with Gasteiger partial charge < -0.3 is 0 Å². The molecule has 1 unspecified atom stereocenters. The van der Waals surface area contributed by atoms with E-state index in [4.69, 9.17) is 0 Å². The summed E-state index contributed by atoms with van der Waals surface area (Å²) in [5, 5.41) is 4.44. The molecule has 1 aliphatic heterocycles. The molecular weight excluding hydrogens is 136 g/mol. The SMILES string of the molecule is CC[N+]1=NCC(C(C)(C)C)C1. The van der Waals surface area contributed by atoms with Crippen molar-refractivity contribution in [2.45, 2.75) is 27.7 Å². The van der Waals surface area contributed by atoms with E-state index < -0.39 is 0 Å². The van der Waals surface area contributed by atoms with Crippen molar-refractivity contribution in [3.05, 3.63) is 0 Å². The first-order valence-corrected chi connectivity index (χ1v) is 4.46. The molecule has 0 aromatic heterocycles. The maximum absolute atomic E-state index is 4.44. The highest BCUT2D eigenvalue weighted by Gasteiger charge is 2.33. The van der Waals surface area contributed by atoms with E-state index in [-0.39, 0.29) is 0 Å². The molecular formula is C9H19N2+. The Kier molecular flexibility index (Phi) is 2.31. The Morgan fingerprint density at radius 3 is 2.36 bits per heavy atom. The summed E-state index contributed by atoms with van der Waals surface area (Å²) in [5.41, 5.74) is 0.424. The lowest BCUT2D eigenvalue weighted by atomic mass is 9.81. The second-order valence-corrected chi connectivity index (χ2v) is 4.39. The van der Waals surface area contributed by atoms with Crippen molar-refractivity contribution in [1.82, 2.24) is 0 Å². The zero-order chi connectivity index (χ0) is 8.48. The summed E-state index contributed by atoms with van der Waals surface area (Å²) >= 11 is 0. The first-order chi connectivity index (χ1) is 5.04. The fraction of sp³-hybridized carbons (Fsp3) is 1.00. The Balaban J connectivity index is 2.48. The first-order valence-electron chi connectivity index (χ1n) is 4.46. The maximum Gasteiger partial charge on any atom is 0.173 e. The lowest BCUT2D eigenvalue weighted by molar-refractivity contribution is -0.581. The van der Waals surface area contributed by atoms with E-state index >= 15 is 0 Å². The maximum atomic E-state index is 4.44. The average molecular weight is 155 g/mol. The monoisotopic (exact) mass is 155 g/mol. The molecule has 1 aliphatic rings. The van der Waals surface area contributed by atoms with Crippen LogP contribution < -0.4 is 0 Å².